The summed E-state index contributed by atoms with van der Waals surface area (Å²) < 4.78 is 26.9. The van der Waals surface area contributed by atoms with Crippen molar-refractivity contribution >= 4 is 12.3 Å². The monoisotopic (exact) mass is 452 g/mol. The highest BCUT2D eigenvalue weighted by Gasteiger charge is 2.02. The molecular formula is C25H40O7. The van der Waals surface area contributed by atoms with E-state index < -0.39 is 0 Å². The van der Waals surface area contributed by atoms with Crippen LogP contribution in [0.15, 0.2) is 24.3 Å². The molecule has 0 fully saturated rings. The van der Waals surface area contributed by atoms with Gasteiger partial charge in [0.1, 0.15) is 25.2 Å². The number of unbranched alkanes of at least 4 members (excludes halogenated alkanes) is 6. The number of rotatable bonds is 22. The van der Waals surface area contributed by atoms with E-state index >= 15 is 0 Å². The minimum atomic E-state index is -0.141. The minimum Gasteiger partial charge on any atom is -0.491 e. The van der Waals surface area contributed by atoms with E-state index in [1.807, 2.05) is 0 Å². The Bertz CT molecular complexity index is 574. The maximum atomic E-state index is 11.6. The van der Waals surface area contributed by atoms with Crippen molar-refractivity contribution in [2.45, 2.75) is 58.3 Å². The highest BCUT2D eigenvalue weighted by Crippen LogP contribution is 2.11. The molecule has 0 radical (unpaired) electrons. The quantitative estimate of drug-likeness (QED) is 0.144. The zero-order valence-corrected chi connectivity index (χ0v) is 19.6. The number of ether oxygens (including phenoxy) is 5. The molecule has 182 valence electrons. The van der Waals surface area contributed by atoms with Crippen molar-refractivity contribution in [2.24, 2.45) is 0 Å². The maximum Gasteiger partial charge on any atom is 0.305 e. The molecule has 0 bridgehead atoms. The molecule has 7 heteroatoms. The predicted octanol–water partition coefficient (Wildman–Crippen LogP) is 4.61. The second-order valence-electron chi connectivity index (χ2n) is 7.46. The van der Waals surface area contributed by atoms with Gasteiger partial charge in [-0.15, -0.1) is 0 Å². The topological polar surface area (TPSA) is 80.3 Å². The van der Waals surface area contributed by atoms with Crippen LogP contribution in [0.25, 0.3) is 0 Å². The Kier molecular flexibility index (Phi) is 18.3. The van der Waals surface area contributed by atoms with Crippen LogP contribution >= 0.6 is 0 Å². The third-order valence-corrected chi connectivity index (χ3v) is 4.73. The third-order valence-electron chi connectivity index (χ3n) is 4.73. The van der Waals surface area contributed by atoms with Crippen LogP contribution in [0.4, 0.5) is 0 Å². The van der Waals surface area contributed by atoms with Crippen LogP contribution in [0, 0.1) is 0 Å². The zero-order chi connectivity index (χ0) is 23.1. The highest BCUT2D eigenvalue weighted by atomic mass is 16.6. The zero-order valence-electron chi connectivity index (χ0n) is 19.6. The van der Waals surface area contributed by atoms with Crippen molar-refractivity contribution in [3.63, 3.8) is 0 Å². The lowest BCUT2D eigenvalue weighted by Crippen LogP contribution is -2.14. The Hall–Kier alpha value is -1.96. The molecule has 1 aromatic rings. The van der Waals surface area contributed by atoms with Crippen LogP contribution in [-0.2, 0) is 23.7 Å². The van der Waals surface area contributed by atoms with Gasteiger partial charge in [-0.05, 0) is 30.7 Å². The standard InChI is InChI=1S/C25H40O7/c1-2-3-4-5-6-7-8-9-25(27)32-21-19-30-17-15-28-14-16-29-18-20-31-24-12-10-23(22-26)11-13-24/h10-13,22H,2-9,14-21H2,1H3. The number of aldehydes is 1. The Labute approximate surface area is 192 Å². The Balaban J connectivity index is 1.77. The molecular weight excluding hydrogens is 412 g/mol. The van der Waals surface area contributed by atoms with E-state index in [1.165, 1.54) is 32.1 Å². The molecule has 0 saturated heterocycles. The molecule has 0 heterocycles. The minimum absolute atomic E-state index is 0.141. The van der Waals surface area contributed by atoms with Gasteiger partial charge in [-0.25, -0.2) is 0 Å². The molecule has 0 amide bonds. The normalized spacial score (nSPS) is 10.8. The Morgan fingerprint density at radius 2 is 1.25 bits per heavy atom. The van der Waals surface area contributed by atoms with Crippen LogP contribution in [0.5, 0.6) is 5.75 Å². The summed E-state index contributed by atoms with van der Waals surface area (Å²) >= 11 is 0. The van der Waals surface area contributed by atoms with E-state index in [4.69, 9.17) is 23.7 Å². The first-order valence-electron chi connectivity index (χ1n) is 11.8. The summed E-state index contributed by atoms with van der Waals surface area (Å²) in [7, 11) is 0. The molecule has 0 aromatic heterocycles. The van der Waals surface area contributed by atoms with Crippen LogP contribution in [-0.4, -0.2) is 65.1 Å². The van der Waals surface area contributed by atoms with Crippen LogP contribution in [0.1, 0.15) is 68.6 Å². The molecule has 1 rings (SSSR count). The molecule has 0 unspecified atom stereocenters. The van der Waals surface area contributed by atoms with Crippen LogP contribution in [0.3, 0.4) is 0 Å². The Morgan fingerprint density at radius 3 is 1.84 bits per heavy atom. The van der Waals surface area contributed by atoms with Crippen molar-refractivity contribution in [1.29, 1.82) is 0 Å². The van der Waals surface area contributed by atoms with Crippen molar-refractivity contribution < 1.29 is 33.3 Å². The fourth-order valence-corrected chi connectivity index (χ4v) is 2.92. The van der Waals surface area contributed by atoms with Gasteiger partial charge in [-0.1, -0.05) is 45.4 Å². The summed E-state index contributed by atoms with van der Waals surface area (Å²) in [6.45, 7) is 5.64. The number of esters is 1. The lowest BCUT2D eigenvalue weighted by atomic mass is 10.1. The first kappa shape index (κ1) is 28.1. The van der Waals surface area contributed by atoms with Gasteiger partial charge in [0.2, 0.25) is 0 Å². The highest BCUT2D eigenvalue weighted by molar-refractivity contribution is 5.74. The molecule has 0 aliphatic carbocycles. The number of carbonyl (C=O) groups excluding carboxylic acids is 2. The molecule has 0 saturated carbocycles. The van der Waals surface area contributed by atoms with Crippen LogP contribution < -0.4 is 4.74 Å². The lowest BCUT2D eigenvalue weighted by molar-refractivity contribution is -0.145. The summed E-state index contributed by atoms with van der Waals surface area (Å²) in [5.74, 6) is 0.564. The van der Waals surface area contributed by atoms with Gasteiger partial charge in [0.05, 0.1) is 39.6 Å². The Morgan fingerprint density at radius 1 is 0.719 bits per heavy atom. The molecule has 0 spiro atoms. The number of carbonyl (C=O) groups is 2. The van der Waals surface area contributed by atoms with E-state index in [0.29, 0.717) is 64.0 Å². The van der Waals surface area contributed by atoms with Crippen molar-refractivity contribution in [3.8, 4) is 5.75 Å². The van der Waals surface area contributed by atoms with E-state index in [1.54, 1.807) is 24.3 Å². The predicted molar refractivity (Wildman–Crippen MR) is 123 cm³/mol. The number of benzene rings is 1. The average molecular weight is 453 g/mol. The summed E-state index contributed by atoms with van der Waals surface area (Å²) in [6, 6.07) is 6.93. The number of hydrogen-bond acceptors (Lipinski definition) is 7. The SMILES string of the molecule is CCCCCCCCCC(=O)OCCOCCOCCOCCOc1ccc(C=O)cc1. The van der Waals surface area contributed by atoms with Crippen molar-refractivity contribution in [1.82, 2.24) is 0 Å². The smallest absolute Gasteiger partial charge is 0.305 e. The molecule has 1 aromatic carbocycles. The number of hydrogen-bond donors (Lipinski definition) is 0. The molecule has 0 N–H and O–H groups in total. The maximum absolute atomic E-state index is 11.6. The molecule has 0 atom stereocenters. The van der Waals surface area contributed by atoms with E-state index in [0.717, 1.165) is 19.1 Å². The van der Waals surface area contributed by atoms with Gasteiger partial charge in [0.25, 0.3) is 0 Å². The molecule has 0 aliphatic rings. The molecule has 32 heavy (non-hydrogen) atoms. The van der Waals surface area contributed by atoms with E-state index in [9.17, 15) is 9.59 Å². The lowest BCUT2D eigenvalue weighted by Gasteiger charge is -2.08. The van der Waals surface area contributed by atoms with Gasteiger partial charge in [-0.2, -0.15) is 0 Å². The fourth-order valence-electron chi connectivity index (χ4n) is 2.92. The second kappa shape index (κ2) is 20.9. The fraction of sp³-hybridized carbons (Fsp3) is 0.680. The second-order valence-corrected chi connectivity index (χ2v) is 7.46. The van der Waals surface area contributed by atoms with Crippen LogP contribution in [0.2, 0.25) is 0 Å². The largest absolute Gasteiger partial charge is 0.491 e. The summed E-state index contributed by atoms with van der Waals surface area (Å²) in [5, 5.41) is 0. The summed E-state index contributed by atoms with van der Waals surface area (Å²) in [6.07, 6.45) is 9.61. The van der Waals surface area contributed by atoms with Gasteiger partial charge in [0.15, 0.2) is 0 Å². The van der Waals surface area contributed by atoms with Crippen molar-refractivity contribution in [2.75, 3.05) is 52.9 Å². The van der Waals surface area contributed by atoms with E-state index in [2.05, 4.69) is 6.92 Å². The summed E-state index contributed by atoms with van der Waals surface area (Å²) in [4.78, 5) is 22.2. The first-order valence-corrected chi connectivity index (χ1v) is 11.8. The van der Waals surface area contributed by atoms with Gasteiger partial charge in [-0.3, -0.25) is 9.59 Å². The third kappa shape index (κ3) is 16.7. The van der Waals surface area contributed by atoms with Crippen molar-refractivity contribution in [3.05, 3.63) is 29.8 Å². The van der Waals surface area contributed by atoms with E-state index in [-0.39, 0.29) is 12.6 Å². The average Bonchev–Trinajstić information content (AvgIpc) is 2.81. The summed E-state index contributed by atoms with van der Waals surface area (Å²) in [5.41, 5.74) is 0.620. The van der Waals surface area contributed by atoms with Gasteiger partial charge >= 0.3 is 5.97 Å². The molecule has 0 aliphatic heterocycles. The van der Waals surface area contributed by atoms with Gasteiger partial charge in [0, 0.05) is 12.0 Å². The van der Waals surface area contributed by atoms with Gasteiger partial charge < -0.3 is 23.7 Å². The first-order chi connectivity index (χ1) is 15.8. The molecule has 7 nitrogen and oxygen atoms in total.